The maximum atomic E-state index is 4.71. The van der Waals surface area contributed by atoms with E-state index >= 15 is 0 Å². The molecule has 0 bridgehead atoms. The quantitative estimate of drug-likeness (QED) is 0.654. The highest BCUT2D eigenvalue weighted by atomic mass is 15.2. The average Bonchev–Trinajstić information content (AvgIpc) is 2.67. The minimum Gasteiger partial charge on any atom is -0.369 e. The fourth-order valence-corrected chi connectivity index (χ4v) is 2.87. The van der Waals surface area contributed by atoms with Gasteiger partial charge in [0.25, 0.3) is 0 Å². The van der Waals surface area contributed by atoms with Crippen LogP contribution >= 0.6 is 0 Å². The van der Waals surface area contributed by atoms with E-state index in [9.17, 15) is 0 Å². The molecule has 1 aromatic heterocycles. The second kappa shape index (κ2) is 9.14. The highest BCUT2D eigenvalue weighted by molar-refractivity contribution is 5.62. The highest BCUT2D eigenvalue weighted by Crippen LogP contribution is 2.27. The molecule has 140 valence electrons. The molecule has 0 unspecified atom stereocenters. The van der Waals surface area contributed by atoms with Crippen LogP contribution in [0.2, 0.25) is 0 Å². The molecular weight excluding hydrogens is 334 g/mol. The van der Waals surface area contributed by atoms with Gasteiger partial charge in [-0.3, -0.25) is 0 Å². The standard InChI is InChI=1S/C22H27N5/c1-18-24-21(23-14-15-26(2)3)16-22(25-18)27(20-12-8-5-9-13-20)17-19-10-6-4-7-11-19/h4-13,16H,14-15,17H2,1-3H3,(H,23,24,25). The number of aromatic nitrogens is 2. The first-order valence-corrected chi connectivity index (χ1v) is 9.22. The summed E-state index contributed by atoms with van der Waals surface area (Å²) in [5, 5.41) is 3.41. The number of nitrogens with one attached hydrogen (secondary N) is 1. The van der Waals surface area contributed by atoms with Crippen LogP contribution in [-0.2, 0) is 6.54 Å². The first kappa shape index (κ1) is 18.9. The molecule has 2 aromatic carbocycles. The summed E-state index contributed by atoms with van der Waals surface area (Å²) in [6.07, 6.45) is 0. The van der Waals surface area contributed by atoms with E-state index in [-0.39, 0.29) is 0 Å². The van der Waals surface area contributed by atoms with Crippen LogP contribution in [0, 0.1) is 6.92 Å². The zero-order valence-corrected chi connectivity index (χ0v) is 16.3. The molecule has 0 amide bonds. The molecule has 0 fully saturated rings. The second-order valence-corrected chi connectivity index (χ2v) is 6.80. The van der Waals surface area contributed by atoms with Gasteiger partial charge >= 0.3 is 0 Å². The van der Waals surface area contributed by atoms with E-state index in [1.807, 2.05) is 25.1 Å². The van der Waals surface area contributed by atoms with Crippen LogP contribution in [-0.4, -0.2) is 42.1 Å². The molecule has 0 saturated heterocycles. The Balaban J connectivity index is 1.90. The van der Waals surface area contributed by atoms with Gasteiger partial charge in [-0.15, -0.1) is 0 Å². The number of nitrogens with zero attached hydrogens (tertiary/aromatic N) is 4. The van der Waals surface area contributed by atoms with Crippen molar-refractivity contribution in [2.24, 2.45) is 0 Å². The summed E-state index contributed by atoms with van der Waals surface area (Å²) in [5.74, 6) is 2.51. The van der Waals surface area contributed by atoms with E-state index in [1.165, 1.54) is 5.56 Å². The smallest absolute Gasteiger partial charge is 0.139 e. The largest absolute Gasteiger partial charge is 0.369 e. The molecule has 1 heterocycles. The molecule has 0 aliphatic heterocycles. The number of para-hydroxylation sites is 1. The number of hydrogen-bond acceptors (Lipinski definition) is 5. The van der Waals surface area contributed by atoms with E-state index in [1.54, 1.807) is 0 Å². The fourth-order valence-electron chi connectivity index (χ4n) is 2.87. The van der Waals surface area contributed by atoms with Crippen LogP contribution in [0.25, 0.3) is 0 Å². The van der Waals surface area contributed by atoms with Gasteiger partial charge in [0.1, 0.15) is 17.5 Å². The van der Waals surface area contributed by atoms with Crippen LogP contribution in [0.5, 0.6) is 0 Å². The summed E-state index contributed by atoms with van der Waals surface area (Å²) < 4.78 is 0. The van der Waals surface area contributed by atoms with Gasteiger partial charge in [-0.05, 0) is 38.7 Å². The van der Waals surface area contributed by atoms with Crippen molar-refractivity contribution in [3.63, 3.8) is 0 Å². The van der Waals surface area contributed by atoms with E-state index in [0.29, 0.717) is 0 Å². The fraction of sp³-hybridized carbons (Fsp3) is 0.273. The van der Waals surface area contributed by atoms with Crippen molar-refractivity contribution in [3.8, 4) is 0 Å². The number of likely N-dealkylation sites (N-methyl/N-ethyl adjacent to an activating group) is 1. The number of rotatable bonds is 8. The zero-order chi connectivity index (χ0) is 19.1. The zero-order valence-electron chi connectivity index (χ0n) is 16.3. The van der Waals surface area contributed by atoms with Crippen LogP contribution in [0.1, 0.15) is 11.4 Å². The van der Waals surface area contributed by atoms with E-state index in [0.717, 1.165) is 42.8 Å². The molecule has 3 aromatic rings. The Morgan fingerprint density at radius 2 is 1.56 bits per heavy atom. The Kier molecular flexibility index (Phi) is 6.39. The molecule has 0 aliphatic carbocycles. The maximum absolute atomic E-state index is 4.71. The van der Waals surface area contributed by atoms with Crippen molar-refractivity contribution in [2.75, 3.05) is 37.4 Å². The van der Waals surface area contributed by atoms with Gasteiger partial charge in [-0.2, -0.15) is 0 Å². The third kappa shape index (κ3) is 5.53. The topological polar surface area (TPSA) is 44.3 Å². The first-order chi connectivity index (χ1) is 13.1. The van der Waals surface area contributed by atoms with Crippen molar-refractivity contribution in [1.29, 1.82) is 0 Å². The number of benzene rings is 2. The second-order valence-electron chi connectivity index (χ2n) is 6.80. The van der Waals surface area contributed by atoms with Crippen molar-refractivity contribution in [3.05, 3.63) is 78.1 Å². The Hall–Kier alpha value is -2.92. The van der Waals surface area contributed by atoms with E-state index in [2.05, 4.69) is 82.7 Å². The lowest BCUT2D eigenvalue weighted by atomic mass is 10.2. The molecule has 1 N–H and O–H groups in total. The predicted molar refractivity (Wildman–Crippen MR) is 113 cm³/mol. The Morgan fingerprint density at radius 1 is 0.889 bits per heavy atom. The average molecular weight is 361 g/mol. The van der Waals surface area contributed by atoms with Gasteiger partial charge < -0.3 is 15.1 Å². The van der Waals surface area contributed by atoms with Gasteiger partial charge in [-0.25, -0.2) is 9.97 Å². The summed E-state index contributed by atoms with van der Waals surface area (Å²) >= 11 is 0. The van der Waals surface area contributed by atoms with Gasteiger partial charge in [-0.1, -0.05) is 48.5 Å². The first-order valence-electron chi connectivity index (χ1n) is 9.22. The monoisotopic (exact) mass is 361 g/mol. The van der Waals surface area contributed by atoms with Crippen LogP contribution in [0.4, 0.5) is 17.3 Å². The third-order valence-electron chi connectivity index (χ3n) is 4.22. The van der Waals surface area contributed by atoms with Crippen LogP contribution < -0.4 is 10.2 Å². The molecule has 0 aliphatic rings. The number of hydrogen-bond donors (Lipinski definition) is 1. The number of aryl methyl sites for hydroxylation is 1. The number of anilines is 3. The summed E-state index contributed by atoms with van der Waals surface area (Å²) in [6, 6.07) is 22.8. The van der Waals surface area contributed by atoms with Crippen molar-refractivity contribution in [2.45, 2.75) is 13.5 Å². The van der Waals surface area contributed by atoms with Crippen molar-refractivity contribution >= 4 is 17.3 Å². The summed E-state index contributed by atoms with van der Waals surface area (Å²) in [7, 11) is 4.13. The summed E-state index contributed by atoms with van der Waals surface area (Å²) in [6.45, 7) is 4.47. The SMILES string of the molecule is Cc1nc(NCCN(C)C)cc(N(Cc2ccccc2)c2ccccc2)n1. The Morgan fingerprint density at radius 3 is 2.22 bits per heavy atom. The third-order valence-corrected chi connectivity index (χ3v) is 4.22. The molecule has 5 nitrogen and oxygen atoms in total. The molecule has 0 saturated carbocycles. The minimum atomic E-state index is 0.748. The Bertz CT molecular complexity index is 834. The minimum absolute atomic E-state index is 0.748. The highest BCUT2D eigenvalue weighted by Gasteiger charge is 2.13. The predicted octanol–water partition coefficient (Wildman–Crippen LogP) is 4.10. The molecule has 27 heavy (non-hydrogen) atoms. The lowest BCUT2D eigenvalue weighted by Crippen LogP contribution is -2.22. The summed E-state index contributed by atoms with van der Waals surface area (Å²) in [5.41, 5.74) is 2.35. The normalized spacial score (nSPS) is 10.8. The molecule has 3 rings (SSSR count). The van der Waals surface area contributed by atoms with Gasteiger partial charge in [0.15, 0.2) is 0 Å². The van der Waals surface area contributed by atoms with Crippen LogP contribution in [0.15, 0.2) is 66.7 Å². The molecule has 0 radical (unpaired) electrons. The lowest BCUT2D eigenvalue weighted by molar-refractivity contribution is 0.425. The lowest BCUT2D eigenvalue weighted by Gasteiger charge is -2.25. The van der Waals surface area contributed by atoms with Gasteiger partial charge in [0.05, 0.1) is 0 Å². The molecule has 0 spiro atoms. The van der Waals surface area contributed by atoms with Gasteiger partial charge in [0.2, 0.25) is 0 Å². The van der Waals surface area contributed by atoms with Gasteiger partial charge in [0, 0.05) is 31.4 Å². The van der Waals surface area contributed by atoms with E-state index < -0.39 is 0 Å². The summed E-state index contributed by atoms with van der Waals surface area (Å²) in [4.78, 5) is 13.6. The molecule has 0 atom stereocenters. The maximum Gasteiger partial charge on any atom is 0.139 e. The van der Waals surface area contributed by atoms with E-state index in [4.69, 9.17) is 4.98 Å². The van der Waals surface area contributed by atoms with Crippen molar-refractivity contribution < 1.29 is 0 Å². The van der Waals surface area contributed by atoms with Crippen LogP contribution in [0.3, 0.4) is 0 Å². The Labute approximate surface area is 161 Å². The molecule has 5 heteroatoms. The molecular formula is C22H27N5. The van der Waals surface area contributed by atoms with Crippen molar-refractivity contribution in [1.82, 2.24) is 14.9 Å².